The van der Waals surface area contributed by atoms with Gasteiger partial charge in [0.1, 0.15) is 11.5 Å². The van der Waals surface area contributed by atoms with Crippen molar-refractivity contribution in [3.05, 3.63) is 52.9 Å². The topological polar surface area (TPSA) is 55.0 Å². The molecule has 0 N–H and O–H groups in total. The normalized spacial score (nSPS) is 17.9. The lowest BCUT2D eigenvalue weighted by Gasteiger charge is -2.18. The van der Waals surface area contributed by atoms with E-state index in [0.717, 1.165) is 12.3 Å². The minimum absolute atomic E-state index is 0.0376. The van der Waals surface area contributed by atoms with Crippen molar-refractivity contribution < 1.29 is 13.9 Å². The minimum atomic E-state index is -0.371. The number of hydrogen-bond donors (Lipinski definition) is 0. The van der Waals surface area contributed by atoms with Crippen LogP contribution < -0.4 is 4.74 Å². The molecule has 0 saturated carbocycles. The van der Waals surface area contributed by atoms with Crippen LogP contribution in [0.25, 0.3) is 0 Å². The zero-order valence-corrected chi connectivity index (χ0v) is 15.9. The van der Waals surface area contributed by atoms with Gasteiger partial charge in [-0.2, -0.15) is 4.99 Å². The SMILES string of the molecule is COc1ccc(Cl)cc1C(=O)N=C1SC(C)(C)CN1Cc1ccco1. The van der Waals surface area contributed by atoms with Gasteiger partial charge >= 0.3 is 0 Å². The summed E-state index contributed by atoms with van der Waals surface area (Å²) in [5.74, 6) is 0.918. The van der Waals surface area contributed by atoms with E-state index in [1.807, 2.05) is 12.1 Å². The molecule has 7 heteroatoms. The Morgan fingerprint density at radius 1 is 1.44 bits per heavy atom. The first-order chi connectivity index (χ1) is 11.9. The summed E-state index contributed by atoms with van der Waals surface area (Å²) in [5.41, 5.74) is 0.353. The van der Waals surface area contributed by atoms with Gasteiger partial charge in [-0.15, -0.1) is 0 Å². The summed E-state index contributed by atoms with van der Waals surface area (Å²) in [6, 6.07) is 8.69. The average molecular weight is 379 g/mol. The van der Waals surface area contributed by atoms with Gasteiger partial charge in [0, 0.05) is 16.3 Å². The molecule has 0 radical (unpaired) electrons. The molecule has 2 heterocycles. The van der Waals surface area contributed by atoms with E-state index in [2.05, 4.69) is 23.7 Å². The van der Waals surface area contributed by atoms with Crippen LogP contribution in [0.5, 0.6) is 5.75 Å². The van der Waals surface area contributed by atoms with Crippen molar-refractivity contribution in [1.82, 2.24) is 4.90 Å². The molecule has 1 aliphatic heterocycles. The van der Waals surface area contributed by atoms with E-state index < -0.39 is 0 Å². The summed E-state index contributed by atoms with van der Waals surface area (Å²) in [7, 11) is 1.52. The van der Waals surface area contributed by atoms with Crippen molar-refractivity contribution in [2.24, 2.45) is 4.99 Å². The largest absolute Gasteiger partial charge is 0.496 e. The zero-order valence-electron chi connectivity index (χ0n) is 14.3. The number of benzene rings is 1. The lowest BCUT2D eigenvalue weighted by atomic mass is 10.2. The fourth-order valence-electron chi connectivity index (χ4n) is 2.67. The molecule has 0 spiro atoms. The van der Waals surface area contributed by atoms with Crippen molar-refractivity contribution in [2.45, 2.75) is 25.1 Å². The van der Waals surface area contributed by atoms with Crippen LogP contribution >= 0.6 is 23.4 Å². The minimum Gasteiger partial charge on any atom is -0.496 e. The smallest absolute Gasteiger partial charge is 0.283 e. The predicted molar refractivity (Wildman–Crippen MR) is 101 cm³/mol. The summed E-state index contributed by atoms with van der Waals surface area (Å²) in [6.07, 6.45) is 1.64. The van der Waals surface area contributed by atoms with Gasteiger partial charge in [0.2, 0.25) is 0 Å². The van der Waals surface area contributed by atoms with Gasteiger partial charge in [0.15, 0.2) is 5.17 Å². The summed E-state index contributed by atoms with van der Waals surface area (Å²) in [5, 5.41) is 1.14. The number of rotatable bonds is 4. The highest BCUT2D eigenvalue weighted by molar-refractivity contribution is 8.15. The van der Waals surface area contributed by atoms with E-state index in [1.54, 1.807) is 36.2 Å². The zero-order chi connectivity index (χ0) is 18.0. The van der Waals surface area contributed by atoms with Gasteiger partial charge in [0.25, 0.3) is 5.91 Å². The van der Waals surface area contributed by atoms with Crippen molar-refractivity contribution in [3.63, 3.8) is 0 Å². The number of nitrogens with zero attached hydrogens (tertiary/aromatic N) is 2. The molecule has 0 aliphatic carbocycles. The summed E-state index contributed by atoms with van der Waals surface area (Å²) < 4.78 is 10.6. The molecule has 1 aliphatic rings. The third-order valence-electron chi connectivity index (χ3n) is 3.73. The fraction of sp³-hybridized carbons (Fsp3) is 0.333. The number of carbonyl (C=O) groups is 1. The molecule has 1 amide bonds. The Morgan fingerprint density at radius 2 is 2.24 bits per heavy atom. The van der Waals surface area contributed by atoms with E-state index in [4.69, 9.17) is 20.8 Å². The molecule has 1 aromatic heterocycles. The lowest BCUT2D eigenvalue weighted by Crippen LogP contribution is -2.28. The quantitative estimate of drug-likeness (QED) is 0.785. The maximum atomic E-state index is 12.7. The number of amides is 1. The van der Waals surface area contributed by atoms with Crippen LogP contribution in [0.15, 0.2) is 46.0 Å². The van der Waals surface area contributed by atoms with Gasteiger partial charge < -0.3 is 14.1 Å². The number of methoxy groups -OCH3 is 1. The van der Waals surface area contributed by atoms with Gasteiger partial charge in [-0.1, -0.05) is 23.4 Å². The number of ether oxygens (including phenoxy) is 1. The van der Waals surface area contributed by atoms with Gasteiger partial charge in [0.05, 0.1) is 25.5 Å². The van der Waals surface area contributed by atoms with Crippen LogP contribution in [0.4, 0.5) is 0 Å². The average Bonchev–Trinajstić information content (AvgIpc) is 3.15. The molecule has 25 heavy (non-hydrogen) atoms. The van der Waals surface area contributed by atoms with E-state index >= 15 is 0 Å². The molecule has 0 bridgehead atoms. The van der Waals surface area contributed by atoms with Crippen molar-refractivity contribution >= 4 is 34.4 Å². The van der Waals surface area contributed by atoms with Gasteiger partial charge in [-0.05, 0) is 44.2 Å². The Kier molecular flexibility index (Phi) is 5.11. The molecule has 0 unspecified atom stereocenters. The van der Waals surface area contributed by atoms with Crippen LogP contribution in [-0.2, 0) is 6.54 Å². The van der Waals surface area contributed by atoms with Crippen molar-refractivity contribution in [2.75, 3.05) is 13.7 Å². The number of carbonyl (C=O) groups excluding carboxylic acids is 1. The Labute approximate surface area is 156 Å². The number of amidine groups is 1. The molecular weight excluding hydrogens is 360 g/mol. The molecule has 1 aromatic carbocycles. The monoisotopic (exact) mass is 378 g/mol. The Morgan fingerprint density at radius 3 is 2.92 bits per heavy atom. The van der Waals surface area contributed by atoms with Crippen LogP contribution in [-0.4, -0.2) is 34.4 Å². The second-order valence-electron chi connectivity index (χ2n) is 6.34. The Balaban J connectivity index is 1.89. The first-order valence-electron chi connectivity index (χ1n) is 7.81. The van der Waals surface area contributed by atoms with Crippen LogP contribution in [0, 0.1) is 0 Å². The Hall–Kier alpha value is -1.92. The molecule has 0 atom stereocenters. The number of hydrogen-bond acceptors (Lipinski definition) is 4. The van der Waals surface area contributed by atoms with E-state index in [0.29, 0.717) is 28.0 Å². The second-order valence-corrected chi connectivity index (χ2v) is 8.45. The molecular formula is C18H19ClN2O3S. The number of halogens is 1. The van der Waals surface area contributed by atoms with Crippen molar-refractivity contribution in [3.8, 4) is 5.75 Å². The first-order valence-corrected chi connectivity index (χ1v) is 9.00. The number of thioether (sulfide) groups is 1. The van der Waals surface area contributed by atoms with Crippen LogP contribution in [0.2, 0.25) is 5.02 Å². The third-order valence-corrected chi connectivity index (χ3v) is 5.17. The third kappa shape index (κ3) is 4.19. The summed E-state index contributed by atoms with van der Waals surface area (Å²) in [4.78, 5) is 19.1. The van der Waals surface area contributed by atoms with Crippen molar-refractivity contribution in [1.29, 1.82) is 0 Å². The maximum Gasteiger partial charge on any atom is 0.283 e. The molecule has 1 fully saturated rings. The second kappa shape index (κ2) is 7.14. The molecule has 3 rings (SSSR count). The van der Waals surface area contributed by atoms with Gasteiger partial charge in [-0.25, -0.2) is 0 Å². The van der Waals surface area contributed by atoms with E-state index in [9.17, 15) is 4.79 Å². The summed E-state index contributed by atoms with van der Waals surface area (Å²) in [6.45, 7) is 5.60. The highest BCUT2D eigenvalue weighted by atomic mass is 35.5. The van der Waals surface area contributed by atoms with Gasteiger partial charge in [-0.3, -0.25) is 4.79 Å². The molecule has 5 nitrogen and oxygen atoms in total. The fourth-order valence-corrected chi connectivity index (χ4v) is 3.95. The van der Waals surface area contributed by atoms with E-state index in [-0.39, 0.29) is 10.7 Å². The molecule has 132 valence electrons. The first kappa shape index (κ1) is 17.9. The van der Waals surface area contributed by atoms with Crippen LogP contribution in [0.3, 0.4) is 0 Å². The Bertz CT molecular complexity index is 803. The standard InChI is InChI=1S/C18H19ClN2O3S/c1-18(2)11-21(10-13-5-4-8-24-13)17(25-18)20-16(22)14-9-12(19)6-7-15(14)23-3/h4-9H,10-11H2,1-3H3. The maximum absolute atomic E-state index is 12.7. The highest BCUT2D eigenvalue weighted by Crippen LogP contribution is 2.37. The predicted octanol–water partition coefficient (Wildman–Crippen LogP) is 4.47. The molecule has 1 saturated heterocycles. The number of furan rings is 1. The van der Waals surface area contributed by atoms with Crippen LogP contribution in [0.1, 0.15) is 30.0 Å². The highest BCUT2D eigenvalue weighted by Gasteiger charge is 2.36. The van der Waals surface area contributed by atoms with E-state index in [1.165, 1.54) is 7.11 Å². The molecule has 2 aromatic rings. The number of aliphatic imine (C=N–C) groups is 1. The lowest BCUT2D eigenvalue weighted by molar-refractivity contribution is 0.0998. The summed E-state index contributed by atoms with van der Waals surface area (Å²) >= 11 is 7.60.